The molecule has 0 atom stereocenters. The van der Waals surface area contributed by atoms with Crippen LogP contribution in [0.25, 0.3) is 0 Å². The molecule has 1 fully saturated rings. The number of nitrogens with one attached hydrogen (secondary N) is 3. The molecule has 0 spiro atoms. The summed E-state index contributed by atoms with van der Waals surface area (Å²) in [4.78, 5) is 15.5. The maximum absolute atomic E-state index is 12.5. The fraction of sp³-hybridized carbons (Fsp3) is 0.435. The zero-order valence-corrected chi connectivity index (χ0v) is 17.1. The van der Waals surface area contributed by atoms with E-state index in [1.807, 2.05) is 18.2 Å². The van der Waals surface area contributed by atoms with E-state index in [0.717, 1.165) is 50.6 Å². The molecule has 2 aliphatic rings. The van der Waals surface area contributed by atoms with Gasteiger partial charge in [-0.1, -0.05) is 24.3 Å². The van der Waals surface area contributed by atoms with Gasteiger partial charge in [0.25, 0.3) is 5.91 Å². The van der Waals surface area contributed by atoms with Crippen LogP contribution in [-0.2, 0) is 11.3 Å². The molecule has 0 aromatic heterocycles. The number of hydrogen-bond donors (Lipinski definition) is 3. The molecular weight excluding hydrogens is 366 g/mol. The fourth-order valence-corrected chi connectivity index (χ4v) is 4.06. The average Bonchev–Trinajstić information content (AvgIpc) is 2.96. The van der Waals surface area contributed by atoms with E-state index in [0.29, 0.717) is 25.5 Å². The molecule has 2 aromatic carbocycles. The van der Waals surface area contributed by atoms with Crippen molar-refractivity contribution in [3.8, 4) is 11.5 Å². The first-order chi connectivity index (χ1) is 14.2. The molecule has 154 valence electrons. The van der Waals surface area contributed by atoms with Crippen LogP contribution in [0.3, 0.4) is 0 Å². The van der Waals surface area contributed by atoms with Gasteiger partial charge in [0.1, 0.15) is 32.7 Å². The minimum atomic E-state index is 0.0526. The van der Waals surface area contributed by atoms with Gasteiger partial charge in [0.05, 0.1) is 13.2 Å². The number of amides is 1. The van der Waals surface area contributed by atoms with Gasteiger partial charge in [-0.15, -0.1) is 0 Å². The lowest BCUT2D eigenvalue weighted by Gasteiger charge is -2.29. The molecule has 2 heterocycles. The summed E-state index contributed by atoms with van der Waals surface area (Å²) in [5.41, 5.74) is 3.56. The minimum Gasteiger partial charge on any atom is -0.490 e. The molecule has 29 heavy (non-hydrogen) atoms. The maximum Gasteiger partial charge on any atom is 0.279 e. The van der Waals surface area contributed by atoms with Crippen molar-refractivity contribution in [3.05, 3.63) is 53.6 Å². The SMILES string of the molecule is Cc1ccccc1C[NH+]1CC[NH+](CC(=O)Nc2ccc3c(c2)OCCCO3)CC1. The Balaban J connectivity index is 1.25. The Bertz CT molecular complexity index is 847. The first kappa shape index (κ1) is 19.7. The van der Waals surface area contributed by atoms with Gasteiger partial charge in [-0.25, -0.2) is 0 Å². The van der Waals surface area contributed by atoms with Gasteiger partial charge in [0.15, 0.2) is 18.0 Å². The number of quaternary nitrogens is 2. The van der Waals surface area contributed by atoms with E-state index in [1.165, 1.54) is 16.0 Å². The van der Waals surface area contributed by atoms with Crippen LogP contribution in [0.2, 0.25) is 0 Å². The summed E-state index contributed by atoms with van der Waals surface area (Å²) < 4.78 is 11.4. The van der Waals surface area contributed by atoms with E-state index in [2.05, 4.69) is 36.5 Å². The highest BCUT2D eigenvalue weighted by molar-refractivity contribution is 5.91. The van der Waals surface area contributed by atoms with Gasteiger partial charge < -0.3 is 24.6 Å². The summed E-state index contributed by atoms with van der Waals surface area (Å²) in [5, 5.41) is 3.02. The summed E-state index contributed by atoms with van der Waals surface area (Å²) >= 11 is 0. The van der Waals surface area contributed by atoms with E-state index in [9.17, 15) is 4.79 Å². The Morgan fingerprint density at radius 1 is 0.966 bits per heavy atom. The lowest BCUT2D eigenvalue weighted by Crippen LogP contribution is -3.28. The number of benzene rings is 2. The van der Waals surface area contributed by atoms with Crippen LogP contribution in [0, 0.1) is 6.92 Å². The zero-order chi connectivity index (χ0) is 20.1. The maximum atomic E-state index is 12.5. The molecule has 0 unspecified atom stereocenters. The molecule has 0 aliphatic carbocycles. The van der Waals surface area contributed by atoms with Crippen LogP contribution in [0.4, 0.5) is 5.69 Å². The normalized spacial score (nSPS) is 21.3. The second-order valence-electron chi connectivity index (χ2n) is 8.04. The fourth-order valence-electron chi connectivity index (χ4n) is 4.06. The third kappa shape index (κ3) is 5.28. The largest absolute Gasteiger partial charge is 0.490 e. The highest BCUT2D eigenvalue weighted by Gasteiger charge is 2.25. The molecule has 6 nitrogen and oxygen atoms in total. The van der Waals surface area contributed by atoms with Crippen LogP contribution in [0.1, 0.15) is 17.5 Å². The van der Waals surface area contributed by atoms with Crippen LogP contribution in [0.5, 0.6) is 11.5 Å². The van der Waals surface area contributed by atoms with Crippen molar-refractivity contribution in [2.24, 2.45) is 0 Å². The number of piperazine rings is 1. The van der Waals surface area contributed by atoms with Crippen molar-refractivity contribution < 1.29 is 24.1 Å². The van der Waals surface area contributed by atoms with Gasteiger partial charge in [-0.2, -0.15) is 0 Å². The summed E-state index contributed by atoms with van der Waals surface area (Å²) in [6.45, 7) is 9.31. The number of fused-ring (bicyclic) bond motifs is 1. The monoisotopic (exact) mass is 397 g/mol. The van der Waals surface area contributed by atoms with Gasteiger partial charge in [0, 0.05) is 23.7 Å². The van der Waals surface area contributed by atoms with Crippen molar-refractivity contribution >= 4 is 11.6 Å². The minimum absolute atomic E-state index is 0.0526. The van der Waals surface area contributed by atoms with Crippen LogP contribution in [0.15, 0.2) is 42.5 Å². The average molecular weight is 398 g/mol. The summed E-state index contributed by atoms with van der Waals surface area (Å²) in [5.74, 6) is 1.51. The lowest BCUT2D eigenvalue weighted by molar-refractivity contribution is -1.02. The number of carbonyl (C=O) groups is 1. The quantitative estimate of drug-likeness (QED) is 0.670. The van der Waals surface area contributed by atoms with E-state index in [1.54, 1.807) is 4.90 Å². The van der Waals surface area contributed by atoms with Crippen molar-refractivity contribution in [1.29, 1.82) is 0 Å². The molecule has 1 amide bonds. The van der Waals surface area contributed by atoms with E-state index < -0.39 is 0 Å². The summed E-state index contributed by atoms with van der Waals surface area (Å²) in [6.07, 6.45) is 0.873. The number of rotatable bonds is 5. The molecule has 2 aromatic rings. The Morgan fingerprint density at radius 3 is 2.48 bits per heavy atom. The summed E-state index contributed by atoms with van der Waals surface area (Å²) in [6, 6.07) is 14.2. The lowest BCUT2D eigenvalue weighted by atomic mass is 10.1. The van der Waals surface area contributed by atoms with Gasteiger partial charge in [-0.05, 0) is 24.6 Å². The predicted molar refractivity (Wildman–Crippen MR) is 112 cm³/mol. The second-order valence-corrected chi connectivity index (χ2v) is 8.04. The van der Waals surface area contributed by atoms with Crippen molar-refractivity contribution in [2.45, 2.75) is 19.9 Å². The van der Waals surface area contributed by atoms with E-state index >= 15 is 0 Å². The second kappa shape index (κ2) is 9.29. The molecule has 6 heteroatoms. The topological polar surface area (TPSA) is 56.4 Å². The zero-order valence-electron chi connectivity index (χ0n) is 17.1. The van der Waals surface area contributed by atoms with Gasteiger partial charge in [0.2, 0.25) is 0 Å². The third-order valence-electron chi connectivity index (χ3n) is 5.81. The Morgan fingerprint density at radius 2 is 1.69 bits per heavy atom. The van der Waals surface area contributed by atoms with E-state index in [4.69, 9.17) is 9.47 Å². The number of hydrogen-bond acceptors (Lipinski definition) is 3. The molecular formula is C23H31N3O3+2. The van der Waals surface area contributed by atoms with Crippen LogP contribution < -0.4 is 24.6 Å². The van der Waals surface area contributed by atoms with Crippen LogP contribution in [-0.4, -0.2) is 51.8 Å². The third-order valence-corrected chi connectivity index (χ3v) is 5.81. The van der Waals surface area contributed by atoms with Gasteiger partial charge >= 0.3 is 0 Å². The molecule has 4 rings (SSSR count). The summed E-state index contributed by atoms with van der Waals surface area (Å²) in [7, 11) is 0. The molecule has 3 N–H and O–H groups in total. The molecule has 2 aliphatic heterocycles. The Labute approximate surface area is 172 Å². The Kier molecular flexibility index (Phi) is 6.32. The predicted octanol–water partition coefficient (Wildman–Crippen LogP) is 0.0784. The Hall–Kier alpha value is -2.57. The van der Waals surface area contributed by atoms with Gasteiger partial charge in [-0.3, -0.25) is 4.79 Å². The number of carbonyl (C=O) groups excluding carboxylic acids is 1. The highest BCUT2D eigenvalue weighted by Crippen LogP contribution is 2.32. The molecule has 0 radical (unpaired) electrons. The van der Waals surface area contributed by atoms with E-state index in [-0.39, 0.29) is 5.91 Å². The number of ether oxygens (including phenoxy) is 2. The van der Waals surface area contributed by atoms with Crippen molar-refractivity contribution in [3.63, 3.8) is 0 Å². The standard InChI is InChI=1S/C23H29N3O3/c1-18-5-2-3-6-19(18)16-25-9-11-26(12-10-25)17-23(27)24-20-7-8-21-22(15-20)29-14-4-13-28-21/h2-3,5-8,15H,4,9-14,16-17H2,1H3,(H,24,27)/p+2. The first-order valence-corrected chi connectivity index (χ1v) is 10.6. The molecule has 0 bridgehead atoms. The highest BCUT2D eigenvalue weighted by atomic mass is 16.5. The number of anilines is 1. The van der Waals surface area contributed by atoms with Crippen LogP contribution >= 0.6 is 0 Å². The molecule has 1 saturated heterocycles. The van der Waals surface area contributed by atoms with Crippen molar-refractivity contribution in [1.82, 2.24) is 0 Å². The first-order valence-electron chi connectivity index (χ1n) is 10.6. The number of aryl methyl sites for hydroxylation is 1. The van der Waals surface area contributed by atoms with Crippen molar-refractivity contribution in [2.75, 3.05) is 51.3 Å². The smallest absolute Gasteiger partial charge is 0.279 e. The molecule has 0 saturated carbocycles.